The van der Waals surface area contributed by atoms with Crippen molar-refractivity contribution < 1.29 is 0 Å². The standard InChI is InChI=1S/C40H44/c1-22-14-29-20-30(37-23(2)16-27-10-7-8-12-31(27)37)21-35(29)36(15-22)32-13-9-11-28-17-26(19-34(28)32)18-33-24(3)38-39(25(33)4)40(38,5)6/h9,11,13-17,23,30,33,38-39H,3-4,7-8,10,12,18-21H2,1-2,5-6H3/t23?,30-,33?,38?,39?/m0/s1. The second kappa shape index (κ2) is 8.58. The van der Waals surface area contributed by atoms with Crippen molar-refractivity contribution in [2.75, 3.05) is 0 Å². The van der Waals surface area contributed by atoms with Gasteiger partial charge in [0.1, 0.15) is 0 Å². The molecule has 204 valence electrons. The quantitative estimate of drug-likeness (QED) is 0.349. The Morgan fingerprint density at radius 1 is 0.925 bits per heavy atom. The SMILES string of the molecule is C=C1C(CC2=Cc3cccc(-c4cc(C)cc5c4C[C@@H](C4=C6CCCCC6=CC4C)C5)c3C2)C(=C)C2C1C2(C)C. The maximum absolute atomic E-state index is 4.58. The summed E-state index contributed by atoms with van der Waals surface area (Å²) < 4.78 is 0. The van der Waals surface area contributed by atoms with E-state index in [1.54, 1.807) is 39.0 Å². The van der Waals surface area contributed by atoms with E-state index < -0.39 is 0 Å². The highest BCUT2D eigenvalue weighted by Gasteiger charge is 2.65. The molecule has 8 rings (SSSR count). The molecule has 0 spiro atoms. The lowest BCUT2D eigenvalue weighted by Crippen LogP contribution is -2.11. The second-order valence-corrected chi connectivity index (χ2v) is 14.7. The van der Waals surface area contributed by atoms with Gasteiger partial charge in [-0.3, -0.25) is 0 Å². The molecule has 2 aromatic rings. The van der Waals surface area contributed by atoms with Crippen LogP contribution in [0.2, 0.25) is 0 Å². The number of hydrogen-bond donors (Lipinski definition) is 0. The summed E-state index contributed by atoms with van der Waals surface area (Å²) in [6, 6.07) is 12.0. The summed E-state index contributed by atoms with van der Waals surface area (Å²) in [5.74, 6) is 3.08. The Balaban J connectivity index is 1.09. The smallest absolute Gasteiger partial charge is 0.00454 e. The van der Waals surface area contributed by atoms with Gasteiger partial charge in [0.2, 0.25) is 0 Å². The van der Waals surface area contributed by atoms with Gasteiger partial charge in [0, 0.05) is 5.92 Å². The first-order chi connectivity index (χ1) is 19.2. The molecule has 0 aliphatic heterocycles. The van der Waals surface area contributed by atoms with Gasteiger partial charge in [0.25, 0.3) is 0 Å². The zero-order valence-corrected chi connectivity index (χ0v) is 25.0. The van der Waals surface area contributed by atoms with Gasteiger partial charge >= 0.3 is 0 Å². The van der Waals surface area contributed by atoms with Gasteiger partial charge in [0.15, 0.2) is 0 Å². The van der Waals surface area contributed by atoms with Gasteiger partial charge < -0.3 is 0 Å². The molecule has 0 amide bonds. The molecule has 0 nitrogen and oxygen atoms in total. The molecule has 40 heavy (non-hydrogen) atoms. The number of hydrogen-bond acceptors (Lipinski definition) is 0. The molecule has 0 radical (unpaired) electrons. The highest BCUT2D eigenvalue weighted by atomic mass is 14.7. The Morgan fingerprint density at radius 2 is 1.70 bits per heavy atom. The summed E-state index contributed by atoms with van der Waals surface area (Å²) in [5, 5.41) is 0. The van der Waals surface area contributed by atoms with Crippen LogP contribution in [0, 0.1) is 41.9 Å². The number of allylic oxidation sites excluding steroid dienone is 7. The molecule has 6 aliphatic rings. The number of benzene rings is 2. The van der Waals surface area contributed by atoms with E-state index in [9.17, 15) is 0 Å². The van der Waals surface area contributed by atoms with Crippen LogP contribution in [0.1, 0.15) is 80.7 Å². The first kappa shape index (κ1) is 24.9. The molecule has 4 atom stereocenters. The highest BCUT2D eigenvalue weighted by Crippen LogP contribution is 2.72. The largest absolute Gasteiger partial charge is 0.0989 e. The molecule has 0 heteroatoms. The van der Waals surface area contributed by atoms with E-state index in [0.717, 1.165) is 12.8 Å². The van der Waals surface area contributed by atoms with E-state index in [-0.39, 0.29) is 0 Å². The lowest BCUT2D eigenvalue weighted by atomic mass is 9.82. The van der Waals surface area contributed by atoms with Crippen LogP contribution in [-0.4, -0.2) is 0 Å². The first-order valence-corrected chi connectivity index (χ1v) is 16.0. The van der Waals surface area contributed by atoms with Gasteiger partial charge in [-0.15, -0.1) is 0 Å². The van der Waals surface area contributed by atoms with Crippen molar-refractivity contribution in [2.24, 2.45) is 35.0 Å². The van der Waals surface area contributed by atoms with E-state index in [4.69, 9.17) is 0 Å². The number of fused-ring (bicyclic) bond motifs is 4. The maximum atomic E-state index is 4.58. The molecule has 0 saturated heterocycles. The van der Waals surface area contributed by atoms with Crippen LogP contribution in [0.4, 0.5) is 0 Å². The fourth-order valence-corrected chi connectivity index (χ4v) is 10.1. The summed E-state index contributed by atoms with van der Waals surface area (Å²) in [6.07, 6.45) is 15.1. The van der Waals surface area contributed by atoms with Crippen molar-refractivity contribution in [3.63, 3.8) is 0 Å². The normalized spacial score (nSPS) is 31.1. The average molecular weight is 525 g/mol. The molecule has 6 aliphatic carbocycles. The Bertz CT molecular complexity index is 1570. The van der Waals surface area contributed by atoms with Crippen LogP contribution >= 0.6 is 0 Å². The molecule has 2 aromatic carbocycles. The minimum Gasteiger partial charge on any atom is -0.0989 e. The summed E-state index contributed by atoms with van der Waals surface area (Å²) in [4.78, 5) is 0. The molecule has 0 heterocycles. The van der Waals surface area contributed by atoms with E-state index in [1.807, 2.05) is 0 Å². The molecular formula is C40H44. The van der Waals surface area contributed by atoms with Crippen molar-refractivity contribution in [1.82, 2.24) is 0 Å². The number of aryl methyl sites for hydroxylation is 1. The van der Waals surface area contributed by atoms with E-state index in [0.29, 0.717) is 35.0 Å². The predicted molar refractivity (Wildman–Crippen MR) is 169 cm³/mol. The summed E-state index contributed by atoms with van der Waals surface area (Å²) >= 11 is 0. The topological polar surface area (TPSA) is 0 Å². The molecule has 0 aromatic heterocycles. The minimum absolute atomic E-state index is 0.385. The Hall–Kier alpha value is -2.86. The lowest BCUT2D eigenvalue weighted by molar-refractivity contribution is 0.505. The fraction of sp³-hybridized carbons (Fsp3) is 0.450. The van der Waals surface area contributed by atoms with E-state index in [2.05, 4.69) is 83.3 Å². The molecule has 3 fully saturated rings. The van der Waals surface area contributed by atoms with Crippen molar-refractivity contribution in [2.45, 2.75) is 79.1 Å². The lowest BCUT2D eigenvalue weighted by Gasteiger charge is -2.22. The minimum atomic E-state index is 0.385. The summed E-state index contributed by atoms with van der Waals surface area (Å²) in [5.41, 5.74) is 20.7. The Morgan fingerprint density at radius 3 is 2.50 bits per heavy atom. The Kier molecular flexibility index (Phi) is 5.34. The van der Waals surface area contributed by atoms with E-state index >= 15 is 0 Å². The van der Waals surface area contributed by atoms with Gasteiger partial charge in [-0.05, 0) is 132 Å². The second-order valence-electron chi connectivity index (χ2n) is 14.7. The highest BCUT2D eigenvalue weighted by molar-refractivity contribution is 5.80. The molecule has 0 N–H and O–H groups in total. The van der Waals surface area contributed by atoms with Crippen LogP contribution in [0.3, 0.4) is 0 Å². The van der Waals surface area contributed by atoms with Crippen LogP contribution in [0.25, 0.3) is 17.2 Å². The van der Waals surface area contributed by atoms with Crippen molar-refractivity contribution in [3.8, 4) is 11.1 Å². The monoisotopic (exact) mass is 524 g/mol. The third kappa shape index (κ3) is 3.50. The van der Waals surface area contributed by atoms with Crippen LogP contribution in [-0.2, 0) is 19.3 Å². The van der Waals surface area contributed by atoms with Gasteiger partial charge in [0.05, 0.1) is 0 Å². The van der Waals surface area contributed by atoms with Gasteiger partial charge in [-0.25, -0.2) is 0 Å². The molecule has 3 saturated carbocycles. The maximum Gasteiger partial charge on any atom is 0.00454 e. The van der Waals surface area contributed by atoms with Crippen LogP contribution < -0.4 is 0 Å². The van der Waals surface area contributed by atoms with Crippen LogP contribution in [0.5, 0.6) is 0 Å². The van der Waals surface area contributed by atoms with Crippen LogP contribution in [0.15, 0.2) is 83.0 Å². The first-order valence-electron chi connectivity index (χ1n) is 16.0. The average Bonchev–Trinajstić information content (AvgIpc) is 3.41. The third-order valence-corrected chi connectivity index (χ3v) is 11.9. The van der Waals surface area contributed by atoms with Crippen molar-refractivity contribution >= 4 is 6.08 Å². The van der Waals surface area contributed by atoms with Crippen molar-refractivity contribution in [1.29, 1.82) is 0 Å². The molecule has 0 bridgehead atoms. The van der Waals surface area contributed by atoms with Gasteiger partial charge in [-0.2, -0.15) is 0 Å². The fourth-order valence-electron chi connectivity index (χ4n) is 10.1. The summed E-state index contributed by atoms with van der Waals surface area (Å²) in [7, 11) is 0. The molecule has 3 unspecified atom stereocenters. The van der Waals surface area contributed by atoms with Crippen molar-refractivity contribution in [3.05, 3.63) is 111 Å². The summed E-state index contributed by atoms with van der Waals surface area (Å²) in [6.45, 7) is 18.7. The Labute approximate surface area is 241 Å². The molecular weight excluding hydrogens is 480 g/mol. The third-order valence-electron chi connectivity index (χ3n) is 11.9. The zero-order chi connectivity index (χ0) is 27.5. The predicted octanol–water partition coefficient (Wildman–Crippen LogP) is 10.2. The van der Waals surface area contributed by atoms with Gasteiger partial charge in [-0.1, -0.05) is 104 Å². The zero-order valence-electron chi connectivity index (χ0n) is 25.0. The number of rotatable bonds is 4. The van der Waals surface area contributed by atoms with E-state index in [1.165, 1.54) is 71.9 Å².